The van der Waals surface area contributed by atoms with Crippen LogP contribution in [0.4, 0.5) is 5.69 Å². The van der Waals surface area contributed by atoms with Gasteiger partial charge in [0.2, 0.25) is 5.91 Å². The standard InChI is InChI=1S/C12H11N7O/c20-11(9-18-5-1-3-15-18)17-10-7-13-12(14-8-10)19-6-2-4-16-19/h1-8H,9H2,(H,17,20). The minimum atomic E-state index is -0.191. The molecule has 20 heavy (non-hydrogen) atoms. The van der Waals surface area contributed by atoms with Crippen molar-refractivity contribution in [3.63, 3.8) is 0 Å². The number of hydrogen-bond acceptors (Lipinski definition) is 5. The highest BCUT2D eigenvalue weighted by Crippen LogP contribution is 2.05. The van der Waals surface area contributed by atoms with Crippen LogP contribution in [0.5, 0.6) is 0 Å². The first-order valence-corrected chi connectivity index (χ1v) is 5.90. The summed E-state index contributed by atoms with van der Waals surface area (Å²) in [5, 5.41) is 10.7. The molecule has 8 heteroatoms. The Labute approximate surface area is 114 Å². The minimum absolute atomic E-state index is 0.147. The van der Waals surface area contributed by atoms with E-state index in [2.05, 4.69) is 25.5 Å². The highest BCUT2D eigenvalue weighted by atomic mass is 16.2. The van der Waals surface area contributed by atoms with Crippen molar-refractivity contribution in [2.45, 2.75) is 6.54 Å². The maximum absolute atomic E-state index is 11.7. The first kappa shape index (κ1) is 12.0. The fourth-order valence-electron chi connectivity index (χ4n) is 1.63. The summed E-state index contributed by atoms with van der Waals surface area (Å²) in [4.78, 5) is 20.0. The summed E-state index contributed by atoms with van der Waals surface area (Å²) in [6.45, 7) is 0.147. The van der Waals surface area contributed by atoms with E-state index in [9.17, 15) is 4.79 Å². The summed E-state index contributed by atoms with van der Waals surface area (Å²) in [6, 6.07) is 3.54. The molecule has 1 N–H and O–H groups in total. The van der Waals surface area contributed by atoms with Gasteiger partial charge in [-0.25, -0.2) is 14.6 Å². The molecule has 3 aromatic heterocycles. The number of aromatic nitrogens is 6. The van der Waals surface area contributed by atoms with Crippen LogP contribution in [0, 0.1) is 0 Å². The van der Waals surface area contributed by atoms with Gasteiger partial charge in [0.05, 0.1) is 18.1 Å². The Hall–Kier alpha value is -3.03. The zero-order valence-corrected chi connectivity index (χ0v) is 10.4. The van der Waals surface area contributed by atoms with Gasteiger partial charge in [0, 0.05) is 24.8 Å². The van der Waals surface area contributed by atoms with Crippen molar-refractivity contribution < 1.29 is 4.79 Å². The monoisotopic (exact) mass is 269 g/mol. The van der Waals surface area contributed by atoms with Gasteiger partial charge in [0.15, 0.2) is 0 Å². The largest absolute Gasteiger partial charge is 0.322 e. The number of amides is 1. The molecule has 0 aliphatic carbocycles. The third-order valence-corrected chi connectivity index (χ3v) is 2.50. The summed E-state index contributed by atoms with van der Waals surface area (Å²) in [7, 11) is 0. The van der Waals surface area contributed by atoms with E-state index in [0.29, 0.717) is 11.6 Å². The van der Waals surface area contributed by atoms with E-state index in [0.717, 1.165) is 0 Å². The van der Waals surface area contributed by atoms with Crippen molar-refractivity contribution in [2.24, 2.45) is 0 Å². The smallest absolute Gasteiger partial charge is 0.250 e. The molecule has 0 unspecified atom stereocenters. The van der Waals surface area contributed by atoms with Crippen molar-refractivity contribution >= 4 is 11.6 Å². The number of carbonyl (C=O) groups is 1. The van der Waals surface area contributed by atoms with Gasteiger partial charge in [-0.2, -0.15) is 10.2 Å². The van der Waals surface area contributed by atoms with Crippen LogP contribution < -0.4 is 5.32 Å². The van der Waals surface area contributed by atoms with Crippen LogP contribution in [0.3, 0.4) is 0 Å². The fraction of sp³-hybridized carbons (Fsp3) is 0.0833. The van der Waals surface area contributed by atoms with E-state index in [1.54, 1.807) is 36.9 Å². The summed E-state index contributed by atoms with van der Waals surface area (Å²) >= 11 is 0. The SMILES string of the molecule is O=C(Cn1cccn1)Nc1cnc(-n2cccn2)nc1. The molecule has 0 atom stereocenters. The number of carbonyl (C=O) groups excluding carboxylic acids is 1. The number of rotatable bonds is 4. The first-order chi connectivity index (χ1) is 9.81. The Morgan fingerprint density at radius 3 is 2.50 bits per heavy atom. The summed E-state index contributed by atoms with van der Waals surface area (Å²) < 4.78 is 3.07. The van der Waals surface area contributed by atoms with Crippen LogP contribution in [0.1, 0.15) is 0 Å². The highest BCUT2D eigenvalue weighted by molar-refractivity contribution is 5.90. The normalized spacial score (nSPS) is 10.4. The zero-order chi connectivity index (χ0) is 13.8. The lowest BCUT2D eigenvalue weighted by atomic mass is 10.5. The molecule has 0 radical (unpaired) electrons. The summed E-state index contributed by atoms with van der Waals surface area (Å²) in [5.74, 6) is 0.254. The summed E-state index contributed by atoms with van der Waals surface area (Å²) in [5.41, 5.74) is 0.526. The molecule has 0 bridgehead atoms. The van der Waals surface area contributed by atoms with Crippen LogP contribution in [-0.2, 0) is 11.3 Å². The van der Waals surface area contributed by atoms with Gasteiger partial charge < -0.3 is 5.32 Å². The van der Waals surface area contributed by atoms with Crippen LogP contribution in [-0.4, -0.2) is 35.4 Å². The third-order valence-electron chi connectivity index (χ3n) is 2.50. The number of anilines is 1. The Kier molecular flexibility index (Phi) is 3.19. The molecule has 1 amide bonds. The van der Waals surface area contributed by atoms with E-state index in [1.165, 1.54) is 21.8 Å². The molecule has 100 valence electrons. The van der Waals surface area contributed by atoms with Gasteiger partial charge in [-0.15, -0.1) is 0 Å². The van der Waals surface area contributed by atoms with Gasteiger partial charge in [0.25, 0.3) is 5.95 Å². The van der Waals surface area contributed by atoms with Gasteiger partial charge in [-0.3, -0.25) is 9.48 Å². The average molecular weight is 269 g/mol. The Balaban J connectivity index is 1.65. The summed E-state index contributed by atoms with van der Waals surface area (Å²) in [6.07, 6.45) is 9.79. The number of hydrogen-bond donors (Lipinski definition) is 1. The van der Waals surface area contributed by atoms with Crippen molar-refractivity contribution in [2.75, 3.05) is 5.32 Å². The average Bonchev–Trinajstić information content (AvgIpc) is 3.12. The van der Waals surface area contributed by atoms with E-state index < -0.39 is 0 Å². The number of nitrogens with one attached hydrogen (secondary N) is 1. The maximum Gasteiger partial charge on any atom is 0.250 e. The van der Waals surface area contributed by atoms with Crippen molar-refractivity contribution in [1.82, 2.24) is 29.5 Å². The minimum Gasteiger partial charge on any atom is -0.322 e. The second-order valence-electron chi connectivity index (χ2n) is 3.97. The van der Waals surface area contributed by atoms with Gasteiger partial charge >= 0.3 is 0 Å². The number of nitrogens with zero attached hydrogens (tertiary/aromatic N) is 6. The molecule has 0 aliphatic heterocycles. The Morgan fingerprint density at radius 2 is 1.85 bits per heavy atom. The van der Waals surface area contributed by atoms with Crippen molar-refractivity contribution in [3.05, 3.63) is 49.3 Å². The molecular formula is C12H11N7O. The van der Waals surface area contributed by atoms with Crippen LogP contribution >= 0.6 is 0 Å². The van der Waals surface area contributed by atoms with Crippen molar-refractivity contribution in [3.8, 4) is 5.95 Å². The molecule has 0 fully saturated rings. The maximum atomic E-state index is 11.7. The lowest BCUT2D eigenvalue weighted by molar-refractivity contribution is -0.116. The molecule has 0 aromatic carbocycles. The molecule has 0 aliphatic rings. The third kappa shape index (κ3) is 2.69. The van der Waals surface area contributed by atoms with E-state index in [-0.39, 0.29) is 12.5 Å². The molecule has 3 heterocycles. The van der Waals surface area contributed by atoms with Gasteiger partial charge in [-0.1, -0.05) is 0 Å². The van der Waals surface area contributed by atoms with E-state index in [4.69, 9.17) is 0 Å². The van der Waals surface area contributed by atoms with Crippen LogP contribution in [0.15, 0.2) is 49.3 Å². The van der Waals surface area contributed by atoms with Crippen molar-refractivity contribution in [1.29, 1.82) is 0 Å². The lowest BCUT2D eigenvalue weighted by Gasteiger charge is -2.05. The van der Waals surface area contributed by atoms with E-state index in [1.807, 2.05) is 0 Å². The zero-order valence-electron chi connectivity index (χ0n) is 10.4. The lowest BCUT2D eigenvalue weighted by Crippen LogP contribution is -2.19. The Bertz CT molecular complexity index is 673. The first-order valence-electron chi connectivity index (χ1n) is 5.90. The quantitative estimate of drug-likeness (QED) is 0.744. The molecule has 8 nitrogen and oxygen atoms in total. The predicted octanol–water partition coefficient (Wildman–Crippen LogP) is 0.498. The van der Waals surface area contributed by atoms with Gasteiger partial charge in [-0.05, 0) is 12.1 Å². The highest BCUT2D eigenvalue weighted by Gasteiger charge is 2.05. The second kappa shape index (κ2) is 5.31. The molecule has 0 saturated carbocycles. The van der Waals surface area contributed by atoms with Gasteiger partial charge in [0.1, 0.15) is 6.54 Å². The van der Waals surface area contributed by atoms with E-state index >= 15 is 0 Å². The topological polar surface area (TPSA) is 90.5 Å². The molecule has 0 saturated heterocycles. The Morgan fingerprint density at radius 1 is 1.10 bits per heavy atom. The molecule has 0 spiro atoms. The second-order valence-corrected chi connectivity index (χ2v) is 3.97. The predicted molar refractivity (Wildman–Crippen MR) is 70.0 cm³/mol. The molecule has 3 rings (SSSR count). The van der Waals surface area contributed by atoms with Crippen LogP contribution in [0.25, 0.3) is 5.95 Å². The fourth-order valence-corrected chi connectivity index (χ4v) is 1.63. The molecule has 3 aromatic rings. The molecular weight excluding hydrogens is 258 g/mol. The van der Waals surface area contributed by atoms with Crippen LogP contribution in [0.2, 0.25) is 0 Å².